The molecule has 2 aromatic rings. The molecule has 2 aromatic carbocycles. The number of phenolic OH excluding ortho intramolecular Hbond substituents is 1. The van der Waals surface area contributed by atoms with E-state index in [0.29, 0.717) is 23.3 Å². The molecule has 6 atom stereocenters. The van der Waals surface area contributed by atoms with Gasteiger partial charge in [-0.3, -0.25) is 29.0 Å². The number of nitrogens with zero attached hydrogens (tertiary/aromatic N) is 2. The van der Waals surface area contributed by atoms with Crippen LogP contribution in [-0.4, -0.2) is 59.8 Å². The van der Waals surface area contributed by atoms with Crippen LogP contribution >= 0.6 is 39.1 Å². The summed E-state index contributed by atoms with van der Waals surface area (Å²) >= 11 is 17.9. The predicted octanol–water partition coefficient (Wildman–Crippen LogP) is 6.02. The van der Waals surface area contributed by atoms with Crippen molar-refractivity contribution in [3.8, 4) is 11.5 Å². The Balaban J connectivity index is 1.30. The van der Waals surface area contributed by atoms with Crippen molar-refractivity contribution < 1.29 is 29.0 Å². The van der Waals surface area contributed by atoms with Crippen molar-refractivity contribution in [3.63, 3.8) is 0 Å². The largest absolute Gasteiger partial charge is 0.508 e. The van der Waals surface area contributed by atoms with Crippen LogP contribution < -0.4 is 4.74 Å². The fraction of sp³-hybridized carbons (Fsp3) is 0.471. The smallest absolute Gasteiger partial charge is 0.254 e. The Hall–Kier alpha value is -2.88. The number of hydrogen-bond donors (Lipinski definition) is 1. The minimum absolute atomic E-state index is 0.0772. The molecule has 0 bridgehead atoms. The maximum atomic E-state index is 14.2. The summed E-state index contributed by atoms with van der Waals surface area (Å²) in [5.74, 6) is -4.47. The van der Waals surface area contributed by atoms with Crippen LogP contribution in [0.1, 0.15) is 62.0 Å². The average Bonchev–Trinajstić information content (AvgIpc) is 3.39. The van der Waals surface area contributed by atoms with Crippen LogP contribution in [0, 0.1) is 17.8 Å². The van der Waals surface area contributed by atoms with Gasteiger partial charge in [-0.25, -0.2) is 0 Å². The molecule has 0 radical (unpaired) electrons. The molecule has 2 saturated carbocycles. The summed E-state index contributed by atoms with van der Waals surface area (Å²) in [5, 5.41) is 11.5. The molecule has 4 fully saturated rings. The highest BCUT2D eigenvalue weighted by Gasteiger charge is 2.76. The number of amides is 4. The number of hydrogen-bond acceptors (Lipinski definition) is 6. The first-order chi connectivity index (χ1) is 21.6. The number of ether oxygens (including phenoxy) is 1. The van der Waals surface area contributed by atoms with Crippen LogP contribution in [0.3, 0.4) is 0 Å². The van der Waals surface area contributed by atoms with Gasteiger partial charge in [-0.1, -0.05) is 83.2 Å². The molecule has 4 amide bonds. The molecule has 45 heavy (non-hydrogen) atoms. The molecule has 1 N–H and O–H groups in total. The summed E-state index contributed by atoms with van der Waals surface area (Å²) in [6.45, 7) is 0.282. The third-order valence-corrected chi connectivity index (χ3v) is 12.5. The number of benzene rings is 2. The van der Waals surface area contributed by atoms with Gasteiger partial charge in [0.2, 0.25) is 11.8 Å². The van der Waals surface area contributed by atoms with Crippen LogP contribution in [0.25, 0.3) is 0 Å². The molecule has 11 heteroatoms. The van der Waals surface area contributed by atoms with E-state index >= 15 is 0 Å². The number of carbonyl (C=O) groups is 4. The summed E-state index contributed by atoms with van der Waals surface area (Å²) in [6, 6.07) is 14.2. The van der Waals surface area contributed by atoms with Crippen molar-refractivity contribution in [2.24, 2.45) is 17.8 Å². The molecule has 0 spiro atoms. The molecule has 2 heterocycles. The van der Waals surface area contributed by atoms with Crippen LogP contribution in [0.2, 0.25) is 0 Å². The van der Waals surface area contributed by atoms with Crippen molar-refractivity contribution in [3.05, 3.63) is 71.3 Å². The Kier molecular flexibility index (Phi) is 7.81. The molecule has 0 aromatic heterocycles. The molecule has 8 nitrogen and oxygen atoms in total. The average molecular weight is 716 g/mol. The van der Waals surface area contributed by atoms with E-state index in [1.54, 1.807) is 12.1 Å². The fourth-order valence-corrected chi connectivity index (χ4v) is 9.84. The Morgan fingerprint density at radius 2 is 1.67 bits per heavy atom. The molecule has 7 rings (SSSR count). The second-order valence-corrected chi connectivity index (χ2v) is 14.6. The highest BCUT2D eigenvalue weighted by atomic mass is 79.9. The molecular formula is C34H33BrCl2N2O6. The van der Waals surface area contributed by atoms with E-state index in [-0.39, 0.29) is 42.1 Å². The maximum absolute atomic E-state index is 14.2. The summed E-state index contributed by atoms with van der Waals surface area (Å²) in [5.41, 5.74) is 1.80. The minimum Gasteiger partial charge on any atom is -0.508 e. The number of allylic oxidation sites excluding steroid dienone is 2. The zero-order valence-electron chi connectivity index (χ0n) is 24.5. The number of aromatic hydroxyl groups is 1. The summed E-state index contributed by atoms with van der Waals surface area (Å²) in [6.07, 6.45) is 6.70. The van der Waals surface area contributed by atoms with Crippen molar-refractivity contribution in [1.82, 2.24) is 9.80 Å². The predicted molar refractivity (Wildman–Crippen MR) is 171 cm³/mol. The van der Waals surface area contributed by atoms with E-state index < -0.39 is 45.2 Å². The Labute approximate surface area is 279 Å². The summed E-state index contributed by atoms with van der Waals surface area (Å²) < 4.78 is 5.92. The third kappa shape index (κ3) is 4.51. The van der Waals surface area contributed by atoms with E-state index in [2.05, 4.69) is 15.9 Å². The monoisotopic (exact) mass is 714 g/mol. The normalized spacial score (nSPS) is 33.2. The second-order valence-electron chi connectivity index (χ2n) is 12.8. The number of halogens is 3. The highest BCUT2D eigenvalue weighted by Crippen LogP contribution is 2.66. The number of phenols is 1. The van der Waals surface area contributed by atoms with Gasteiger partial charge in [0, 0.05) is 23.6 Å². The number of carbonyl (C=O) groups excluding carboxylic acids is 4. The van der Waals surface area contributed by atoms with Gasteiger partial charge >= 0.3 is 0 Å². The van der Waals surface area contributed by atoms with Crippen LogP contribution in [0.5, 0.6) is 11.5 Å². The van der Waals surface area contributed by atoms with Gasteiger partial charge in [0.1, 0.15) is 18.1 Å². The lowest BCUT2D eigenvalue weighted by atomic mass is 9.56. The summed E-state index contributed by atoms with van der Waals surface area (Å²) in [4.78, 5) is 54.3. The van der Waals surface area contributed by atoms with Gasteiger partial charge in [-0.15, -0.1) is 23.2 Å². The van der Waals surface area contributed by atoms with Crippen molar-refractivity contribution in [2.75, 3.05) is 5.45 Å². The quantitative estimate of drug-likeness (QED) is 0.170. The molecule has 2 aliphatic heterocycles. The Morgan fingerprint density at radius 3 is 2.36 bits per heavy atom. The molecular weight excluding hydrogens is 683 g/mol. The number of fused-ring (bicyclic) bond motifs is 4. The minimum atomic E-state index is -1.98. The molecule has 3 aliphatic carbocycles. The number of likely N-dealkylation sites (tertiary alicyclic amines) is 2. The van der Waals surface area contributed by atoms with E-state index in [0.717, 1.165) is 42.6 Å². The fourth-order valence-electron chi connectivity index (χ4n) is 8.42. The first-order valence-electron chi connectivity index (χ1n) is 15.5. The van der Waals surface area contributed by atoms with Gasteiger partial charge in [0.15, 0.2) is 9.75 Å². The van der Waals surface area contributed by atoms with Gasteiger partial charge in [-0.2, -0.15) is 0 Å². The van der Waals surface area contributed by atoms with Gasteiger partial charge < -0.3 is 9.84 Å². The van der Waals surface area contributed by atoms with Crippen molar-refractivity contribution >= 4 is 62.8 Å². The van der Waals surface area contributed by atoms with Crippen molar-refractivity contribution in [1.29, 1.82) is 0 Å². The zero-order chi connectivity index (χ0) is 31.7. The molecule has 0 unspecified atom stereocenters. The lowest BCUT2D eigenvalue weighted by molar-refractivity contribution is -0.144. The van der Waals surface area contributed by atoms with Crippen LogP contribution in [-0.2, 0) is 25.8 Å². The maximum Gasteiger partial charge on any atom is 0.254 e. The number of alkyl halides is 3. The Morgan fingerprint density at radius 1 is 0.933 bits per heavy atom. The van der Waals surface area contributed by atoms with Crippen LogP contribution in [0.4, 0.5) is 0 Å². The van der Waals surface area contributed by atoms with E-state index in [1.807, 2.05) is 36.4 Å². The first kappa shape index (κ1) is 30.8. The van der Waals surface area contributed by atoms with Crippen molar-refractivity contribution in [2.45, 2.75) is 73.3 Å². The number of imide groups is 2. The van der Waals surface area contributed by atoms with E-state index in [9.17, 15) is 24.3 Å². The second kappa shape index (κ2) is 11.4. The van der Waals surface area contributed by atoms with Crippen LogP contribution in [0.15, 0.2) is 60.2 Å². The topological polar surface area (TPSA) is 104 Å². The number of rotatable bonds is 6. The zero-order valence-corrected chi connectivity index (χ0v) is 27.6. The molecule has 2 saturated heterocycles. The Bertz CT molecular complexity index is 1610. The van der Waals surface area contributed by atoms with Gasteiger partial charge in [0.25, 0.3) is 11.8 Å². The van der Waals surface area contributed by atoms with E-state index in [4.69, 9.17) is 27.9 Å². The third-order valence-electron chi connectivity index (χ3n) is 10.5. The summed E-state index contributed by atoms with van der Waals surface area (Å²) in [7, 11) is 0. The van der Waals surface area contributed by atoms with E-state index in [1.165, 1.54) is 11.0 Å². The SMILES string of the molecule is O=C1[C@H]2[C@H](CC=C3[C@H]2C[C@@]2(Cl)C(=O)N(CBr)C(=O)[C@@]2(Cl)[C@H]3c2ccc(OCc3ccccc3)cc2O)C(=O)N1C1CCCCC1. The molecule has 236 valence electrons. The van der Waals surface area contributed by atoms with Gasteiger partial charge in [-0.05, 0) is 43.2 Å². The standard InChI is InChI=1S/C34H33BrCl2N2O6/c35-18-38-31(43)33(36)16-25-22(13-14-24-27(25)30(42)39(29(24)41)20-9-5-2-6-10-20)28(34(33,37)32(38)44)23-12-11-21(15-26(23)40)45-17-19-7-3-1-4-8-19/h1,3-4,7-8,11-13,15,20,24-25,27-28,40H,2,5-6,9-10,14,16-18H2/t24-,25+,27-,28+,33+,34-/m0/s1. The lowest BCUT2D eigenvalue weighted by Gasteiger charge is -2.50. The first-order valence-corrected chi connectivity index (χ1v) is 17.4. The molecule has 5 aliphatic rings. The highest BCUT2D eigenvalue weighted by molar-refractivity contribution is 9.09. The van der Waals surface area contributed by atoms with Gasteiger partial charge in [0.05, 0.1) is 17.3 Å². The lowest BCUT2D eigenvalue weighted by Crippen LogP contribution is -2.60.